The minimum atomic E-state index is 0. The molecule has 0 amide bonds. The van der Waals surface area contributed by atoms with E-state index in [2.05, 4.69) is 68.5 Å². The molecule has 0 saturated carbocycles. The van der Waals surface area contributed by atoms with Crippen molar-refractivity contribution >= 4 is 33.8 Å². The first kappa shape index (κ1) is 37.6. The monoisotopic (exact) mass is 1080 g/mol. The zero-order chi connectivity index (χ0) is 33.1. The molecule has 0 spiro atoms. The number of rotatable bonds is 4. The fraction of sp³-hybridized carbons (Fsp3) is 0. The Bertz CT molecular complexity index is 2110. The van der Waals surface area contributed by atoms with Crippen LogP contribution in [0.3, 0.4) is 0 Å². The van der Waals surface area contributed by atoms with Crippen molar-refractivity contribution in [1.29, 1.82) is 0 Å². The number of hydrogen-bond acceptors (Lipinski definition) is 4. The average Bonchev–Trinajstić information content (AvgIpc) is 3.59. The Morgan fingerprint density at radius 1 is 0.373 bits per heavy atom. The Kier molecular flexibility index (Phi) is 14.1. The zero-order valence-corrected chi connectivity index (χ0v) is 33.3. The second-order valence-corrected chi connectivity index (χ2v) is 13.0. The third-order valence-corrected chi connectivity index (χ3v) is 9.79. The Hall–Kier alpha value is -4.62. The van der Waals surface area contributed by atoms with Crippen LogP contribution in [0.1, 0.15) is 0 Å². The summed E-state index contributed by atoms with van der Waals surface area (Å²) >= 11 is 0.472. The molecule has 4 aromatic carbocycles. The molecular weight excluding hydrogens is 1050 g/mol. The van der Waals surface area contributed by atoms with Gasteiger partial charge < -0.3 is 0 Å². The van der Waals surface area contributed by atoms with Crippen molar-refractivity contribution < 1.29 is 42.1 Å². The Morgan fingerprint density at radius 3 is 1.37 bits per heavy atom. The molecule has 0 atom stereocenters. The van der Waals surface area contributed by atoms with Gasteiger partial charge in [0.25, 0.3) is 0 Å². The first-order chi connectivity index (χ1) is 24.3. The molecule has 0 unspecified atom stereocenters. The van der Waals surface area contributed by atoms with E-state index in [9.17, 15) is 0 Å². The van der Waals surface area contributed by atoms with Crippen LogP contribution in [-0.2, 0) is 42.1 Å². The first-order valence-electron chi connectivity index (χ1n) is 15.7. The Balaban J connectivity index is 0.000000147. The van der Waals surface area contributed by atoms with Crippen molar-refractivity contribution in [1.82, 2.24) is 19.9 Å². The van der Waals surface area contributed by atoms with Crippen LogP contribution in [0.15, 0.2) is 170 Å². The van der Waals surface area contributed by atoms with Crippen LogP contribution in [0.2, 0.25) is 0 Å². The second kappa shape index (κ2) is 19.1. The van der Waals surface area contributed by atoms with Crippen LogP contribution >= 0.6 is 0 Å². The molecule has 0 saturated heterocycles. The number of hydrogen-bond donors (Lipinski definition) is 0. The predicted molar refractivity (Wildman–Crippen MR) is 200 cm³/mol. The van der Waals surface area contributed by atoms with E-state index in [0.717, 1.165) is 45.2 Å². The largest absolute Gasteiger partial charge is 0.295 e. The summed E-state index contributed by atoms with van der Waals surface area (Å²) in [5.74, 6) is 0. The van der Waals surface area contributed by atoms with Gasteiger partial charge in [-0.3, -0.25) is 15.0 Å². The van der Waals surface area contributed by atoms with Crippen molar-refractivity contribution in [2.24, 2.45) is 0 Å². The SMILES string of the molecule is [Pt].[Pt].[c-]1cccc2[se]c3ccc[c-]c3c12.[c-]1ccccc1-c1[c-]c(-c2ccccn2)ccc1.c1ccc(-c2cccc(-c3ccccn3)n2)nc1. The maximum Gasteiger partial charge on any atom is 0.0894 e. The quantitative estimate of drug-likeness (QED) is 0.130. The summed E-state index contributed by atoms with van der Waals surface area (Å²) in [6.45, 7) is 0. The zero-order valence-electron chi connectivity index (χ0n) is 27.0. The van der Waals surface area contributed by atoms with Gasteiger partial charge in [0.1, 0.15) is 0 Å². The molecule has 7 heteroatoms. The molecule has 0 aliphatic carbocycles. The fourth-order valence-corrected chi connectivity index (χ4v) is 7.35. The van der Waals surface area contributed by atoms with Crippen LogP contribution in [0.4, 0.5) is 0 Å². The maximum atomic E-state index is 4.59. The minimum absolute atomic E-state index is 0. The van der Waals surface area contributed by atoms with Crippen LogP contribution in [0.5, 0.6) is 0 Å². The third-order valence-electron chi connectivity index (χ3n) is 7.44. The van der Waals surface area contributed by atoms with E-state index in [1.54, 1.807) is 18.6 Å². The van der Waals surface area contributed by atoms with Gasteiger partial charge in [-0.15, -0.1) is 23.8 Å². The summed E-state index contributed by atoms with van der Waals surface area (Å²) in [6.07, 6.45) is 5.33. The van der Waals surface area contributed by atoms with E-state index in [-0.39, 0.29) is 42.1 Å². The van der Waals surface area contributed by atoms with Gasteiger partial charge in [0.05, 0.1) is 22.8 Å². The second-order valence-electron chi connectivity index (χ2n) is 10.7. The van der Waals surface area contributed by atoms with Crippen molar-refractivity contribution in [2.45, 2.75) is 0 Å². The van der Waals surface area contributed by atoms with Gasteiger partial charge in [-0.2, -0.15) is 42.0 Å². The Morgan fingerprint density at radius 2 is 0.843 bits per heavy atom. The van der Waals surface area contributed by atoms with Gasteiger partial charge >= 0.3 is 82.3 Å². The number of fused-ring (bicyclic) bond motifs is 3. The molecule has 0 radical (unpaired) electrons. The molecule has 0 aliphatic heterocycles. The first-order valence-corrected chi connectivity index (χ1v) is 17.4. The summed E-state index contributed by atoms with van der Waals surface area (Å²) < 4.78 is 2.87. The van der Waals surface area contributed by atoms with Gasteiger partial charge in [-0.1, -0.05) is 30.3 Å². The van der Waals surface area contributed by atoms with Crippen molar-refractivity contribution in [3.05, 3.63) is 195 Å². The molecule has 0 N–H and O–H groups in total. The smallest absolute Gasteiger partial charge is 0.0894 e. The van der Waals surface area contributed by atoms with E-state index in [1.165, 1.54) is 19.3 Å². The molecule has 0 aliphatic rings. The molecule has 254 valence electrons. The normalized spacial score (nSPS) is 10.0. The van der Waals surface area contributed by atoms with E-state index < -0.39 is 0 Å². The third kappa shape index (κ3) is 9.79. The van der Waals surface area contributed by atoms with E-state index >= 15 is 0 Å². The topological polar surface area (TPSA) is 51.6 Å². The van der Waals surface area contributed by atoms with E-state index in [4.69, 9.17) is 0 Å². The van der Waals surface area contributed by atoms with Crippen molar-refractivity contribution in [3.63, 3.8) is 0 Å². The summed E-state index contributed by atoms with van der Waals surface area (Å²) in [4.78, 5) is 17.5. The van der Waals surface area contributed by atoms with E-state index in [1.807, 2.05) is 127 Å². The molecule has 5 heterocycles. The Labute approximate surface area is 333 Å². The number of nitrogens with zero attached hydrogens (tertiary/aromatic N) is 4. The molecule has 9 rings (SSSR count). The minimum Gasteiger partial charge on any atom is -0.295 e. The standard InChI is InChI=1S/C17H11N.C15H11N3.C12H6Se.2Pt/c1-2-7-14(8-3-1)15-9-6-10-16(13-15)17-11-4-5-12-18-17;1-3-10-16-12(6-1)14-8-5-9-15(18-14)13-7-2-4-11-17-13;1-3-7-11-9(5-1)10-6-2-4-8-12(10)13-11;;/h1-7,9-12H;1-11H;1-4,7-8H;;/q-2;;-2;;. The van der Waals surface area contributed by atoms with Crippen LogP contribution in [-0.4, -0.2) is 34.4 Å². The molecule has 51 heavy (non-hydrogen) atoms. The van der Waals surface area contributed by atoms with Crippen molar-refractivity contribution in [3.8, 4) is 45.2 Å². The number of pyridine rings is 4. The summed E-state index contributed by atoms with van der Waals surface area (Å²) in [7, 11) is 0. The molecule has 9 aromatic rings. The summed E-state index contributed by atoms with van der Waals surface area (Å²) in [5, 5.41) is 2.52. The molecule has 5 aromatic heterocycles. The molecule has 4 nitrogen and oxygen atoms in total. The van der Waals surface area contributed by atoms with Crippen molar-refractivity contribution in [2.75, 3.05) is 0 Å². The molecular formula is C44H28N4Pt2Se-4. The van der Waals surface area contributed by atoms with Gasteiger partial charge in [0, 0.05) is 66.4 Å². The summed E-state index contributed by atoms with van der Waals surface area (Å²) in [5.41, 5.74) is 7.50. The van der Waals surface area contributed by atoms with Gasteiger partial charge in [-0.05, 0) is 42.5 Å². The van der Waals surface area contributed by atoms with Gasteiger partial charge in [0.15, 0.2) is 0 Å². The predicted octanol–water partition coefficient (Wildman–Crippen LogP) is 9.87. The van der Waals surface area contributed by atoms with Crippen LogP contribution < -0.4 is 0 Å². The number of aromatic nitrogens is 4. The summed E-state index contributed by atoms with van der Waals surface area (Å²) in [6, 6.07) is 63.0. The van der Waals surface area contributed by atoms with Gasteiger partial charge in [0.2, 0.25) is 0 Å². The van der Waals surface area contributed by atoms with E-state index in [0.29, 0.717) is 14.5 Å². The average molecular weight is 1080 g/mol. The van der Waals surface area contributed by atoms with Gasteiger partial charge in [-0.25, -0.2) is 10.5 Å². The number of benzene rings is 4. The molecule has 0 bridgehead atoms. The van der Waals surface area contributed by atoms with Crippen LogP contribution in [0.25, 0.3) is 64.5 Å². The fourth-order valence-electron chi connectivity index (χ4n) is 5.13. The van der Waals surface area contributed by atoms with Crippen LogP contribution in [0, 0.1) is 24.3 Å². The maximum absolute atomic E-state index is 4.59. The molecule has 0 fully saturated rings.